The summed E-state index contributed by atoms with van der Waals surface area (Å²) in [6.45, 7) is 0.806. The normalized spacial score (nSPS) is 20.6. The lowest BCUT2D eigenvalue weighted by molar-refractivity contribution is -0.114. The van der Waals surface area contributed by atoms with Crippen molar-refractivity contribution in [3.05, 3.63) is 10.6 Å². The lowest BCUT2D eigenvalue weighted by Crippen LogP contribution is -2.24. The summed E-state index contributed by atoms with van der Waals surface area (Å²) in [5.74, 6) is 0.273. The highest BCUT2D eigenvalue weighted by molar-refractivity contribution is 8.03. The monoisotopic (exact) mass is 183 g/mol. The molecule has 0 aromatic heterocycles. The molecule has 1 saturated heterocycles. The standard InChI is InChI=1S/C7H9N3OS/c8-4-5(6(9)11)7-10-2-1-3-12-7/h10H,1-3H2,(H2,9,11)/b7-5-. The van der Waals surface area contributed by atoms with Gasteiger partial charge < -0.3 is 11.1 Å². The molecule has 4 nitrogen and oxygen atoms in total. The fourth-order valence-electron chi connectivity index (χ4n) is 0.878. The van der Waals surface area contributed by atoms with Gasteiger partial charge in [0, 0.05) is 12.3 Å². The average molecular weight is 183 g/mol. The number of rotatable bonds is 1. The highest BCUT2D eigenvalue weighted by Gasteiger charge is 2.14. The second kappa shape index (κ2) is 4.02. The van der Waals surface area contributed by atoms with Crippen LogP contribution in [0.1, 0.15) is 6.42 Å². The van der Waals surface area contributed by atoms with E-state index >= 15 is 0 Å². The van der Waals surface area contributed by atoms with Crippen LogP contribution < -0.4 is 11.1 Å². The zero-order valence-corrected chi connectivity index (χ0v) is 7.28. The molecule has 1 fully saturated rings. The minimum absolute atomic E-state index is 0.0414. The number of carbonyl (C=O) groups is 1. The van der Waals surface area contributed by atoms with Gasteiger partial charge in [-0.15, -0.1) is 11.8 Å². The number of nitrogens with zero attached hydrogens (tertiary/aromatic N) is 1. The summed E-state index contributed by atoms with van der Waals surface area (Å²) in [7, 11) is 0. The summed E-state index contributed by atoms with van der Waals surface area (Å²) < 4.78 is 0. The van der Waals surface area contributed by atoms with Crippen molar-refractivity contribution in [3.8, 4) is 6.07 Å². The molecule has 1 aliphatic rings. The molecule has 12 heavy (non-hydrogen) atoms. The van der Waals surface area contributed by atoms with Gasteiger partial charge in [-0.1, -0.05) is 0 Å². The minimum Gasteiger partial charge on any atom is -0.379 e. The molecular formula is C7H9N3OS. The van der Waals surface area contributed by atoms with Crippen molar-refractivity contribution in [2.24, 2.45) is 5.73 Å². The lowest BCUT2D eigenvalue weighted by atomic mass is 10.3. The largest absolute Gasteiger partial charge is 0.379 e. The Morgan fingerprint density at radius 1 is 1.75 bits per heavy atom. The highest BCUT2D eigenvalue weighted by atomic mass is 32.2. The molecule has 0 atom stereocenters. The van der Waals surface area contributed by atoms with Crippen LogP contribution in [0.3, 0.4) is 0 Å². The van der Waals surface area contributed by atoms with Gasteiger partial charge in [0.05, 0.1) is 5.03 Å². The quantitative estimate of drug-likeness (QED) is 0.440. The van der Waals surface area contributed by atoms with Crippen LogP contribution in [0.4, 0.5) is 0 Å². The molecule has 0 unspecified atom stereocenters. The van der Waals surface area contributed by atoms with Gasteiger partial charge in [-0.25, -0.2) is 0 Å². The van der Waals surface area contributed by atoms with E-state index < -0.39 is 5.91 Å². The number of nitrogens with two attached hydrogens (primary N) is 1. The van der Waals surface area contributed by atoms with Gasteiger partial charge in [-0.3, -0.25) is 4.79 Å². The van der Waals surface area contributed by atoms with Crippen LogP contribution in [0.5, 0.6) is 0 Å². The minimum atomic E-state index is -0.658. The Balaban J connectivity index is 2.84. The molecule has 0 saturated carbocycles. The van der Waals surface area contributed by atoms with Crippen LogP contribution in [-0.2, 0) is 4.79 Å². The van der Waals surface area contributed by atoms with Gasteiger partial charge in [-0.05, 0) is 6.42 Å². The maximum absolute atomic E-state index is 10.7. The van der Waals surface area contributed by atoms with Crippen LogP contribution >= 0.6 is 11.8 Å². The number of amides is 1. The van der Waals surface area contributed by atoms with E-state index in [9.17, 15) is 4.79 Å². The number of primary amides is 1. The van der Waals surface area contributed by atoms with Crippen LogP contribution in [0, 0.1) is 11.3 Å². The molecule has 1 aliphatic heterocycles. The van der Waals surface area contributed by atoms with Crippen LogP contribution in [-0.4, -0.2) is 18.2 Å². The Morgan fingerprint density at radius 3 is 2.92 bits per heavy atom. The molecule has 0 aromatic carbocycles. The smallest absolute Gasteiger partial charge is 0.262 e. The van der Waals surface area contributed by atoms with Crippen molar-refractivity contribution in [2.45, 2.75) is 6.42 Å². The van der Waals surface area contributed by atoms with E-state index in [2.05, 4.69) is 5.32 Å². The summed E-state index contributed by atoms with van der Waals surface area (Å²) in [4.78, 5) is 10.7. The summed E-state index contributed by atoms with van der Waals surface area (Å²) in [5, 5.41) is 12.2. The number of nitriles is 1. The van der Waals surface area contributed by atoms with Crippen molar-refractivity contribution < 1.29 is 4.79 Å². The zero-order chi connectivity index (χ0) is 8.97. The second-order valence-electron chi connectivity index (χ2n) is 2.31. The van der Waals surface area contributed by atoms with Gasteiger partial charge >= 0.3 is 0 Å². The van der Waals surface area contributed by atoms with E-state index in [1.807, 2.05) is 0 Å². The summed E-state index contributed by atoms with van der Waals surface area (Å²) >= 11 is 1.47. The topological polar surface area (TPSA) is 78.9 Å². The molecular weight excluding hydrogens is 174 g/mol. The predicted octanol–water partition coefficient (Wildman–Crippen LogP) is -0.0666. The second-order valence-corrected chi connectivity index (χ2v) is 3.41. The van der Waals surface area contributed by atoms with Crippen molar-refractivity contribution in [1.82, 2.24) is 5.32 Å². The molecule has 0 spiro atoms. The fraction of sp³-hybridized carbons (Fsp3) is 0.429. The maximum Gasteiger partial charge on any atom is 0.262 e. The van der Waals surface area contributed by atoms with Crippen LogP contribution in [0.2, 0.25) is 0 Å². The summed E-state index contributed by atoms with van der Waals surface area (Å²) in [5.41, 5.74) is 5.05. The fourth-order valence-corrected chi connectivity index (χ4v) is 1.87. The van der Waals surface area contributed by atoms with Gasteiger partial charge in [0.15, 0.2) is 0 Å². The van der Waals surface area contributed by atoms with Crippen molar-refractivity contribution in [3.63, 3.8) is 0 Å². The first-order chi connectivity index (χ1) is 5.75. The molecule has 3 N–H and O–H groups in total. The van der Waals surface area contributed by atoms with Crippen LogP contribution in [0.15, 0.2) is 10.6 Å². The number of hydrogen-bond donors (Lipinski definition) is 2. The number of carbonyl (C=O) groups excluding carboxylic acids is 1. The molecule has 0 aromatic rings. The van der Waals surface area contributed by atoms with E-state index in [-0.39, 0.29) is 5.57 Å². The van der Waals surface area contributed by atoms with Gasteiger partial charge in [0.1, 0.15) is 11.6 Å². The Bertz CT molecular complexity index is 258. The summed E-state index contributed by atoms with van der Waals surface area (Å²) in [6, 6.07) is 1.79. The summed E-state index contributed by atoms with van der Waals surface area (Å²) in [6.07, 6.45) is 1.05. The number of thioether (sulfide) groups is 1. The van der Waals surface area contributed by atoms with Crippen LogP contribution in [0.25, 0.3) is 0 Å². The van der Waals surface area contributed by atoms with E-state index in [0.29, 0.717) is 5.03 Å². The first-order valence-corrected chi connectivity index (χ1v) is 4.55. The lowest BCUT2D eigenvalue weighted by Gasteiger charge is -2.16. The Morgan fingerprint density at radius 2 is 2.50 bits per heavy atom. The van der Waals surface area contributed by atoms with Gasteiger partial charge in [0.2, 0.25) is 0 Å². The zero-order valence-electron chi connectivity index (χ0n) is 6.46. The molecule has 0 radical (unpaired) electrons. The SMILES string of the molecule is N#C/C(C(N)=O)=C1\NCCCS1. The molecule has 5 heteroatoms. The predicted molar refractivity (Wildman–Crippen MR) is 46.9 cm³/mol. The maximum atomic E-state index is 10.7. The molecule has 64 valence electrons. The third-order valence-corrected chi connectivity index (χ3v) is 2.57. The molecule has 0 bridgehead atoms. The average Bonchev–Trinajstić information content (AvgIpc) is 2.07. The third-order valence-electron chi connectivity index (χ3n) is 1.44. The van der Waals surface area contributed by atoms with E-state index in [4.69, 9.17) is 11.0 Å². The van der Waals surface area contributed by atoms with Gasteiger partial charge in [0.25, 0.3) is 5.91 Å². The van der Waals surface area contributed by atoms with E-state index in [1.54, 1.807) is 6.07 Å². The van der Waals surface area contributed by atoms with Crippen molar-refractivity contribution in [2.75, 3.05) is 12.3 Å². The Hall–Kier alpha value is -1.15. The third kappa shape index (κ3) is 1.92. The highest BCUT2D eigenvalue weighted by Crippen LogP contribution is 2.21. The Kier molecular flexibility index (Phi) is 3.00. The number of hydrogen-bond acceptors (Lipinski definition) is 4. The van der Waals surface area contributed by atoms with Gasteiger partial charge in [-0.2, -0.15) is 5.26 Å². The van der Waals surface area contributed by atoms with Crippen molar-refractivity contribution in [1.29, 1.82) is 5.26 Å². The van der Waals surface area contributed by atoms with Crippen molar-refractivity contribution >= 4 is 17.7 Å². The molecule has 0 aliphatic carbocycles. The van der Waals surface area contributed by atoms with E-state index in [1.165, 1.54) is 11.8 Å². The number of nitrogens with one attached hydrogen (secondary N) is 1. The molecule has 1 rings (SSSR count). The molecule has 1 heterocycles. The first-order valence-electron chi connectivity index (χ1n) is 3.56. The Labute approximate surface area is 74.8 Å². The first kappa shape index (κ1) is 8.94. The molecule has 1 amide bonds. The van der Waals surface area contributed by atoms with E-state index in [0.717, 1.165) is 18.7 Å².